The van der Waals surface area contributed by atoms with E-state index in [1.807, 2.05) is 13.1 Å². The zero-order chi connectivity index (χ0) is 18.8. The van der Waals surface area contributed by atoms with Crippen LogP contribution in [-0.4, -0.2) is 50.7 Å². The van der Waals surface area contributed by atoms with E-state index in [0.29, 0.717) is 24.1 Å². The Morgan fingerprint density at radius 1 is 1.35 bits per heavy atom. The van der Waals surface area contributed by atoms with Crippen LogP contribution in [0.5, 0.6) is 0 Å². The second-order valence-electron chi connectivity index (χ2n) is 6.85. The molecule has 8 nitrogen and oxygen atoms in total. The van der Waals surface area contributed by atoms with Gasteiger partial charge < -0.3 is 10.2 Å². The molecule has 0 radical (unpaired) electrons. The molecule has 2 atom stereocenters. The van der Waals surface area contributed by atoms with Crippen LogP contribution in [0.15, 0.2) is 18.5 Å². The number of thiazole rings is 1. The summed E-state index contributed by atoms with van der Waals surface area (Å²) in [6.45, 7) is 6.64. The Morgan fingerprint density at radius 3 is 2.69 bits per heavy atom. The average molecular weight is 376 g/mol. The molecular formula is C17H24N6O2S. The number of hydrogen-bond acceptors (Lipinski definition) is 5. The first-order chi connectivity index (χ1) is 12.3. The van der Waals surface area contributed by atoms with E-state index in [9.17, 15) is 9.59 Å². The van der Waals surface area contributed by atoms with E-state index in [-0.39, 0.29) is 23.9 Å². The van der Waals surface area contributed by atoms with Crippen molar-refractivity contribution in [1.82, 2.24) is 25.0 Å². The Kier molecular flexibility index (Phi) is 5.26. The molecule has 1 aliphatic heterocycles. The summed E-state index contributed by atoms with van der Waals surface area (Å²) in [4.78, 5) is 31.4. The number of rotatable bonds is 4. The second-order valence-corrected chi connectivity index (χ2v) is 7.91. The number of nitrogens with one attached hydrogen (secondary N) is 2. The first-order valence-corrected chi connectivity index (χ1v) is 9.43. The molecule has 0 bridgehead atoms. The molecule has 1 saturated heterocycles. The van der Waals surface area contributed by atoms with Gasteiger partial charge in [0.15, 0.2) is 5.13 Å². The van der Waals surface area contributed by atoms with Gasteiger partial charge in [-0.25, -0.2) is 9.78 Å². The molecule has 9 heteroatoms. The summed E-state index contributed by atoms with van der Waals surface area (Å²) in [5.74, 6) is 0.272. The van der Waals surface area contributed by atoms with Gasteiger partial charge in [-0.05, 0) is 12.0 Å². The Bertz CT molecular complexity index is 799. The van der Waals surface area contributed by atoms with Crippen LogP contribution in [0.25, 0.3) is 0 Å². The SMILES string of the molecule is CC(=O)N[C@@H]1CN(C(=O)Nc2ncc(C(C)C)s2)C[C@H]1c1ccnn1C. The van der Waals surface area contributed by atoms with Crippen molar-refractivity contribution in [2.24, 2.45) is 7.05 Å². The summed E-state index contributed by atoms with van der Waals surface area (Å²) in [6, 6.07) is 1.59. The largest absolute Gasteiger partial charge is 0.351 e. The van der Waals surface area contributed by atoms with Crippen molar-refractivity contribution in [3.63, 3.8) is 0 Å². The molecule has 140 valence electrons. The number of urea groups is 1. The number of anilines is 1. The van der Waals surface area contributed by atoms with Crippen molar-refractivity contribution in [2.75, 3.05) is 18.4 Å². The normalized spacial score (nSPS) is 19.8. The molecule has 0 saturated carbocycles. The predicted molar refractivity (Wildman–Crippen MR) is 100 cm³/mol. The van der Waals surface area contributed by atoms with Gasteiger partial charge in [0.05, 0.1) is 6.04 Å². The molecule has 3 amide bonds. The quantitative estimate of drug-likeness (QED) is 0.855. The molecule has 0 spiro atoms. The molecule has 3 rings (SSSR count). The van der Waals surface area contributed by atoms with Gasteiger partial charge >= 0.3 is 6.03 Å². The van der Waals surface area contributed by atoms with Crippen LogP contribution in [0.3, 0.4) is 0 Å². The van der Waals surface area contributed by atoms with Gasteiger partial charge in [-0.15, -0.1) is 11.3 Å². The van der Waals surface area contributed by atoms with Gasteiger partial charge in [0, 0.05) is 55.9 Å². The van der Waals surface area contributed by atoms with E-state index in [4.69, 9.17) is 0 Å². The highest BCUT2D eigenvalue weighted by Gasteiger charge is 2.38. The number of nitrogens with zero attached hydrogens (tertiary/aromatic N) is 4. The molecule has 3 heterocycles. The van der Waals surface area contributed by atoms with Gasteiger partial charge in [0.2, 0.25) is 5.91 Å². The van der Waals surface area contributed by atoms with E-state index in [2.05, 4.69) is 34.6 Å². The van der Waals surface area contributed by atoms with E-state index >= 15 is 0 Å². The minimum atomic E-state index is -0.199. The summed E-state index contributed by atoms with van der Waals surface area (Å²) in [5.41, 5.74) is 0.996. The monoisotopic (exact) mass is 376 g/mol. The van der Waals surface area contributed by atoms with E-state index in [0.717, 1.165) is 10.6 Å². The summed E-state index contributed by atoms with van der Waals surface area (Å²) in [5, 5.41) is 10.6. The van der Waals surface area contributed by atoms with E-state index < -0.39 is 0 Å². The molecule has 2 aromatic rings. The molecule has 1 aliphatic rings. The lowest BCUT2D eigenvalue weighted by Crippen LogP contribution is -2.40. The minimum Gasteiger partial charge on any atom is -0.351 e. The number of aromatic nitrogens is 3. The molecular weight excluding hydrogens is 352 g/mol. The summed E-state index contributed by atoms with van der Waals surface area (Å²) >= 11 is 1.49. The highest BCUT2D eigenvalue weighted by Crippen LogP contribution is 2.29. The molecule has 0 aliphatic carbocycles. The van der Waals surface area contributed by atoms with Crippen molar-refractivity contribution < 1.29 is 9.59 Å². The minimum absolute atomic E-state index is 0.000306. The molecule has 0 unspecified atom stereocenters. The first-order valence-electron chi connectivity index (χ1n) is 8.61. The second kappa shape index (κ2) is 7.45. The maximum atomic E-state index is 12.7. The van der Waals surface area contributed by atoms with Gasteiger partial charge in [-0.1, -0.05) is 13.8 Å². The molecule has 2 N–H and O–H groups in total. The average Bonchev–Trinajstić information content (AvgIpc) is 3.26. The third kappa shape index (κ3) is 3.87. The lowest BCUT2D eigenvalue weighted by Gasteiger charge is -2.18. The number of hydrogen-bond donors (Lipinski definition) is 2. The van der Waals surface area contributed by atoms with Gasteiger partial charge in [0.1, 0.15) is 0 Å². The first kappa shape index (κ1) is 18.4. The van der Waals surface area contributed by atoms with Gasteiger partial charge in [-0.2, -0.15) is 5.10 Å². The number of aryl methyl sites for hydroxylation is 1. The lowest BCUT2D eigenvalue weighted by atomic mass is 9.99. The molecule has 26 heavy (non-hydrogen) atoms. The number of carbonyl (C=O) groups is 2. The number of amides is 3. The molecule has 2 aromatic heterocycles. The molecule has 0 aromatic carbocycles. The number of carbonyl (C=O) groups excluding carboxylic acids is 2. The van der Waals surface area contributed by atoms with Crippen molar-refractivity contribution in [3.8, 4) is 0 Å². The Labute approximate surface area is 156 Å². The van der Waals surface area contributed by atoms with Crippen molar-refractivity contribution in [3.05, 3.63) is 29.0 Å². The zero-order valence-corrected chi connectivity index (χ0v) is 16.2. The smallest absolute Gasteiger partial charge is 0.323 e. The fourth-order valence-electron chi connectivity index (χ4n) is 3.21. The Hall–Kier alpha value is -2.42. The topological polar surface area (TPSA) is 92.2 Å². The van der Waals surface area contributed by atoms with Crippen LogP contribution in [0.1, 0.15) is 43.2 Å². The van der Waals surface area contributed by atoms with E-state index in [1.54, 1.807) is 22.0 Å². The van der Waals surface area contributed by atoms with Gasteiger partial charge in [-0.3, -0.25) is 14.8 Å². The molecule has 1 fully saturated rings. The third-order valence-corrected chi connectivity index (χ3v) is 5.75. The van der Waals surface area contributed by atoms with E-state index in [1.165, 1.54) is 18.3 Å². The lowest BCUT2D eigenvalue weighted by molar-refractivity contribution is -0.119. The van der Waals surface area contributed by atoms with Crippen LogP contribution >= 0.6 is 11.3 Å². The van der Waals surface area contributed by atoms with Crippen LogP contribution in [-0.2, 0) is 11.8 Å². The highest BCUT2D eigenvalue weighted by atomic mass is 32.1. The summed E-state index contributed by atoms with van der Waals surface area (Å²) in [7, 11) is 1.87. The Balaban J connectivity index is 1.72. The fourth-order valence-corrected chi connectivity index (χ4v) is 4.01. The highest BCUT2D eigenvalue weighted by molar-refractivity contribution is 7.15. The number of likely N-dealkylation sites (tertiary alicyclic amines) is 1. The van der Waals surface area contributed by atoms with Crippen LogP contribution in [0, 0.1) is 0 Å². The predicted octanol–water partition coefficient (Wildman–Crippen LogP) is 2.14. The van der Waals surface area contributed by atoms with Crippen molar-refractivity contribution in [1.29, 1.82) is 0 Å². The summed E-state index contributed by atoms with van der Waals surface area (Å²) < 4.78 is 1.79. The van der Waals surface area contributed by atoms with Crippen molar-refractivity contribution in [2.45, 2.75) is 38.6 Å². The zero-order valence-electron chi connectivity index (χ0n) is 15.4. The van der Waals surface area contributed by atoms with Gasteiger partial charge in [0.25, 0.3) is 0 Å². The van der Waals surface area contributed by atoms with Crippen LogP contribution in [0.2, 0.25) is 0 Å². The standard InChI is InChI=1S/C17H24N6O2S/c1-10(2)15-7-18-16(26-15)21-17(25)23-8-12(13(9-23)20-11(3)24)14-5-6-19-22(14)4/h5-7,10,12-13H,8-9H2,1-4H3,(H,20,24)(H,18,21,25)/t12-,13-/m1/s1. The van der Waals surface area contributed by atoms with Crippen LogP contribution in [0.4, 0.5) is 9.93 Å². The van der Waals surface area contributed by atoms with Crippen LogP contribution < -0.4 is 10.6 Å². The summed E-state index contributed by atoms with van der Waals surface area (Å²) in [6.07, 6.45) is 3.53. The van der Waals surface area contributed by atoms with Crippen molar-refractivity contribution >= 4 is 28.4 Å². The fraction of sp³-hybridized carbons (Fsp3) is 0.529. The maximum Gasteiger partial charge on any atom is 0.323 e. The Morgan fingerprint density at radius 2 is 2.12 bits per heavy atom. The third-order valence-electron chi connectivity index (χ3n) is 4.54. The maximum absolute atomic E-state index is 12.7.